The van der Waals surface area contributed by atoms with Gasteiger partial charge in [0.1, 0.15) is 11.5 Å². The van der Waals surface area contributed by atoms with Crippen molar-refractivity contribution >= 4 is 18.3 Å². The van der Waals surface area contributed by atoms with Gasteiger partial charge in [0.2, 0.25) is 5.91 Å². The lowest BCUT2D eigenvalue weighted by Gasteiger charge is -2.32. The number of furan rings is 1. The molecule has 23 heavy (non-hydrogen) atoms. The van der Waals surface area contributed by atoms with E-state index in [9.17, 15) is 4.79 Å². The summed E-state index contributed by atoms with van der Waals surface area (Å²) < 4.78 is 6.03. The van der Waals surface area contributed by atoms with Gasteiger partial charge in [-0.05, 0) is 50.8 Å². The predicted octanol–water partition coefficient (Wildman–Crippen LogP) is 3.14. The van der Waals surface area contributed by atoms with Crippen molar-refractivity contribution in [3.05, 3.63) is 23.7 Å². The Balaban J connectivity index is 0.00000156. The van der Waals surface area contributed by atoms with E-state index in [0.29, 0.717) is 23.8 Å². The topological polar surface area (TPSA) is 45.5 Å². The third kappa shape index (κ3) is 3.29. The molecule has 0 radical (unpaired) electrons. The summed E-state index contributed by atoms with van der Waals surface area (Å²) in [4.78, 5) is 14.7. The van der Waals surface area contributed by atoms with Crippen LogP contribution in [0, 0.1) is 11.8 Å². The molecule has 5 atom stereocenters. The molecule has 5 heteroatoms. The maximum absolute atomic E-state index is 12.7. The summed E-state index contributed by atoms with van der Waals surface area (Å²) in [6, 6.07) is 4.69. The minimum atomic E-state index is 0. The van der Waals surface area contributed by atoms with E-state index in [4.69, 9.17) is 4.42 Å². The zero-order chi connectivity index (χ0) is 15.3. The van der Waals surface area contributed by atoms with Crippen LogP contribution in [0.4, 0.5) is 0 Å². The maximum atomic E-state index is 12.7. The van der Waals surface area contributed by atoms with E-state index in [1.54, 1.807) is 0 Å². The van der Waals surface area contributed by atoms with Gasteiger partial charge in [-0.25, -0.2) is 0 Å². The molecular formula is C18H27ClN2O2. The second-order valence-corrected chi connectivity index (χ2v) is 7.42. The highest BCUT2D eigenvalue weighted by Crippen LogP contribution is 2.52. The first kappa shape index (κ1) is 16.8. The molecule has 3 aliphatic rings. The smallest absolute Gasteiger partial charge is 0.226 e. The van der Waals surface area contributed by atoms with E-state index in [-0.39, 0.29) is 18.3 Å². The molecule has 4 rings (SSSR count). The Bertz CT molecular complexity index is 573. The molecule has 3 fully saturated rings. The molecule has 2 heterocycles. The fraction of sp³-hybridized carbons (Fsp3) is 0.722. The quantitative estimate of drug-likeness (QED) is 0.917. The van der Waals surface area contributed by atoms with Crippen LogP contribution >= 0.6 is 12.4 Å². The number of hydrogen-bond donors (Lipinski definition) is 1. The molecule has 1 saturated heterocycles. The summed E-state index contributed by atoms with van der Waals surface area (Å²) in [6.07, 6.45) is 4.50. The minimum absolute atomic E-state index is 0. The standard InChI is InChI=1S/C18H26N2O2.ClH/c1-11-8-13(11)16-5-6-17(22-16)14-9-15(14)18(21)20-7-3-4-12(10-20)19-2;/h5-6,11-15,19H,3-4,7-10H2,1-2H3;1H. The highest BCUT2D eigenvalue weighted by atomic mass is 35.5. The highest BCUT2D eigenvalue weighted by molar-refractivity contribution is 5.85. The predicted molar refractivity (Wildman–Crippen MR) is 92.0 cm³/mol. The Labute approximate surface area is 144 Å². The first-order chi connectivity index (χ1) is 10.7. The van der Waals surface area contributed by atoms with Crippen molar-refractivity contribution in [3.63, 3.8) is 0 Å². The van der Waals surface area contributed by atoms with Gasteiger partial charge < -0.3 is 14.6 Å². The van der Waals surface area contributed by atoms with Gasteiger partial charge in [-0.2, -0.15) is 0 Å². The number of nitrogens with one attached hydrogen (secondary N) is 1. The van der Waals surface area contributed by atoms with Gasteiger partial charge in [-0.1, -0.05) is 6.92 Å². The second kappa shape index (κ2) is 6.48. The van der Waals surface area contributed by atoms with E-state index in [1.165, 1.54) is 12.8 Å². The molecule has 0 aromatic carbocycles. The van der Waals surface area contributed by atoms with E-state index in [0.717, 1.165) is 43.4 Å². The number of carbonyl (C=O) groups excluding carboxylic acids is 1. The lowest BCUT2D eigenvalue weighted by atomic mass is 10.1. The van der Waals surface area contributed by atoms with Gasteiger partial charge in [0.15, 0.2) is 0 Å². The molecule has 2 aliphatic carbocycles. The third-order valence-corrected chi connectivity index (χ3v) is 5.74. The van der Waals surface area contributed by atoms with Crippen LogP contribution in [-0.4, -0.2) is 37.0 Å². The first-order valence-electron chi connectivity index (χ1n) is 8.73. The molecule has 0 spiro atoms. The van der Waals surface area contributed by atoms with E-state index >= 15 is 0 Å². The minimum Gasteiger partial charge on any atom is -0.465 e. The second-order valence-electron chi connectivity index (χ2n) is 7.42. The SMILES string of the molecule is CNC1CCCN(C(=O)C2CC2c2ccc(C3CC3C)o2)C1.Cl. The van der Waals surface area contributed by atoms with Crippen LogP contribution < -0.4 is 5.32 Å². The van der Waals surface area contributed by atoms with Crippen LogP contribution in [0.1, 0.15) is 56.0 Å². The van der Waals surface area contributed by atoms with Crippen LogP contribution in [0.5, 0.6) is 0 Å². The van der Waals surface area contributed by atoms with Gasteiger partial charge >= 0.3 is 0 Å². The lowest BCUT2D eigenvalue weighted by molar-refractivity contribution is -0.134. The first-order valence-corrected chi connectivity index (χ1v) is 8.73. The molecule has 1 N–H and O–H groups in total. The van der Waals surface area contributed by atoms with Crippen LogP contribution in [0.2, 0.25) is 0 Å². The van der Waals surface area contributed by atoms with Crippen molar-refractivity contribution in [2.45, 2.75) is 50.5 Å². The van der Waals surface area contributed by atoms with Crippen molar-refractivity contribution in [1.82, 2.24) is 10.2 Å². The highest BCUT2D eigenvalue weighted by Gasteiger charge is 2.48. The van der Waals surface area contributed by atoms with E-state index < -0.39 is 0 Å². The zero-order valence-corrected chi connectivity index (χ0v) is 14.8. The summed E-state index contributed by atoms with van der Waals surface area (Å²) in [5.74, 6) is 4.38. The lowest BCUT2D eigenvalue weighted by Crippen LogP contribution is -2.47. The Hall–Kier alpha value is -1.00. The number of likely N-dealkylation sites (N-methyl/N-ethyl adjacent to an activating group) is 1. The molecule has 1 aromatic heterocycles. The normalized spacial score (nSPS) is 35.6. The van der Waals surface area contributed by atoms with Gasteiger partial charge in [0, 0.05) is 36.9 Å². The summed E-state index contributed by atoms with van der Waals surface area (Å²) in [5, 5.41) is 3.31. The number of amides is 1. The van der Waals surface area contributed by atoms with Gasteiger partial charge in [0.25, 0.3) is 0 Å². The molecule has 5 unspecified atom stereocenters. The fourth-order valence-corrected chi connectivity index (χ4v) is 3.92. The van der Waals surface area contributed by atoms with Crippen LogP contribution in [0.15, 0.2) is 16.5 Å². The average Bonchev–Trinajstić information content (AvgIpc) is 3.45. The van der Waals surface area contributed by atoms with Crippen LogP contribution in [0.3, 0.4) is 0 Å². The largest absolute Gasteiger partial charge is 0.465 e. The molecule has 2 saturated carbocycles. The number of hydrogen-bond acceptors (Lipinski definition) is 3. The number of nitrogens with zero attached hydrogens (tertiary/aromatic N) is 1. The summed E-state index contributed by atoms with van der Waals surface area (Å²) in [6.45, 7) is 4.05. The molecule has 128 valence electrons. The van der Waals surface area contributed by atoms with Crippen LogP contribution in [-0.2, 0) is 4.79 Å². The average molecular weight is 339 g/mol. The Morgan fingerprint density at radius 3 is 2.61 bits per heavy atom. The molecule has 1 aliphatic heterocycles. The monoisotopic (exact) mass is 338 g/mol. The van der Waals surface area contributed by atoms with E-state index in [1.807, 2.05) is 7.05 Å². The van der Waals surface area contributed by atoms with Crippen molar-refractivity contribution < 1.29 is 9.21 Å². The molecular weight excluding hydrogens is 312 g/mol. The molecule has 4 nitrogen and oxygen atoms in total. The maximum Gasteiger partial charge on any atom is 0.226 e. The number of rotatable bonds is 4. The Morgan fingerprint density at radius 2 is 1.96 bits per heavy atom. The summed E-state index contributed by atoms with van der Waals surface area (Å²) in [5.41, 5.74) is 0. The number of piperidine rings is 1. The number of halogens is 1. The molecule has 1 amide bonds. The van der Waals surface area contributed by atoms with Gasteiger partial charge in [-0.3, -0.25) is 4.79 Å². The van der Waals surface area contributed by atoms with Gasteiger partial charge in [-0.15, -0.1) is 12.4 Å². The zero-order valence-electron chi connectivity index (χ0n) is 14.0. The molecule has 1 aromatic rings. The fourth-order valence-electron chi connectivity index (χ4n) is 3.92. The van der Waals surface area contributed by atoms with E-state index in [2.05, 4.69) is 29.3 Å². The van der Waals surface area contributed by atoms with Crippen LogP contribution in [0.25, 0.3) is 0 Å². The summed E-state index contributed by atoms with van der Waals surface area (Å²) >= 11 is 0. The number of likely N-dealkylation sites (tertiary alicyclic amines) is 1. The Morgan fingerprint density at radius 1 is 1.26 bits per heavy atom. The van der Waals surface area contributed by atoms with Crippen molar-refractivity contribution in [2.75, 3.05) is 20.1 Å². The molecule has 0 bridgehead atoms. The van der Waals surface area contributed by atoms with Crippen molar-refractivity contribution in [3.8, 4) is 0 Å². The Kier molecular flexibility index (Phi) is 4.75. The third-order valence-electron chi connectivity index (χ3n) is 5.74. The van der Waals surface area contributed by atoms with Gasteiger partial charge in [0.05, 0.1) is 0 Å². The van der Waals surface area contributed by atoms with Crippen molar-refractivity contribution in [2.24, 2.45) is 11.8 Å². The van der Waals surface area contributed by atoms with Crippen molar-refractivity contribution in [1.29, 1.82) is 0 Å². The number of carbonyl (C=O) groups is 1. The summed E-state index contributed by atoms with van der Waals surface area (Å²) in [7, 11) is 1.99.